The molecule has 5 rings (SSSR count). The zero-order chi connectivity index (χ0) is 37.0. The van der Waals surface area contributed by atoms with E-state index in [1.54, 1.807) is 13.8 Å². The number of aliphatic hydroxyl groups is 3. The highest BCUT2D eigenvalue weighted by atomic mass is 16.4. The smallest absolute Gasteiger partial charge is 0.303 e. The summed E-state index contributed by atoms with van der Waals surface area (Å²) >= 11 is 0. The molecular weight excluding hydrogens is 638 g/mol. The summed E-state index contributed by atoms with van der Waals surface area (Å²) < 4.78 is 0. The molecule has 0 amide bonds. The Morgan fingerprint density at radius 2 is 1.24 bits per heavy atom. The van der Waals surface area contributed by atoms with Gasteiger partial charge in [-0.2, -0.15) is 0 Å². The number of nitrogens with zero attached hydrogens (tertiary/aromatic N) is 3. The van der Waals surface area contributed by atoms with Gasteiger partial charge in [0, 0.05) is 52.6 Å². The Morgan fingerprint density at radius 1 is 0.720 bits per heavy atom. The number of aromatic nitrogens is 4. The van der Waals surface area contributed by atoms with E-state index in [0.717, 1.165) is 51.0 Å². The highest BCUT2D eigenvalue weighted by Crippen LogP contribution is 2.37. The lowest BCUT2D eigenvalue weighted by molar-refractivity contribution is -0.137. The van der Waals surface area contributed by atoms with Crippen molar-refractivity contribution in [2.45, 2.75) is 79.4 Å². The monoisotopic (exact) mass is 687 g/mol. The number of H-pyrrole nitrogens is 2. The topological polar surface area (TPSA) is 196 Å². The van der Waals surface area contributed by atoms with Crippen molar-refractivity contribution in [3.05, 3.63) is 69.3 Å². The Balaban J connectivity index is 0.000000860. The van der Waals surface area contributed by atoms with Gasteiger partial charge in [-0.15, -0.1) is 0 Å². The lowest BCUT2D eigenvalue weighted by Gasteiger charge is -2.07. The van der Waals surface area contributed by atoms with E-state index in [-0.39, 0.29) is 32.3 Å². The number of hydrogen-bond donors (Lipinski definition) is 7. The summed E-state index contributed by atoms with van der Waals surface area (Å²) in [7, 11) is 3.85. The van der Waals surface area contributed by atoms with Crippen molar-refractivity contribution >= 4 is 56.3 Å². The van der Waals surface area contributed by atoms with Crippen LogP contribution in [0, 0.1) is 13.8 Å². The second kappa shape index (κ2) is 15.9. The number of aromatic amines is 2. The quantitative estimate of drug-likeness (QED) is 0.140. The van der Waals surface area contributed by atoms with E-state index in [1.165, 1.54) is 0 Å². The molecule has 12 heteroatoms. The maximum Gasteiger partial charge on any atom is 0.303 e. The number of carboxylic acids is 2. The van der Waals surface area contributed by atoms with Gasteiger partial charge in [0.1, 0.15) is 0 Å². The molecule has 0 aromatic carbocycles. The van der Waals surface area contributed by atoms with Crippen LogP contribution in [0.3, 0.4) is 0 Å². The summed E-state index contributed by atoms with van der Waals surface area (Å²) in [5.41, 5.74) is 11.7. The van der Waals surface area contributed by atoms with Crippen LogP contribution in [0.1, 0.15) is 98.1 Å². The normalized spacial score (nSPS) is 14.2. The van der Waals surface area contributed by atoms with E-state index in [0.29, 0.717) is 44.9 Å². The van der Waals surface area contributed by atoms with Crippen molar-refractivity contribution in [3.8, 4) is 0 Å². The Labute approximate surface area is 291 Å². The zero-order valence-electron chi connectivity index (χ0n) is 30.1. The van der Waals surface area contributed by atoms with Crippen LogP contribution in [-0.2, 0) is 16.0 Å². The van der Waals surface area contributed by atoms with Crippen LogP contribution in [-0.4, -0.2) is 95.7 Å². The number of likely N-dealkylation sites (N-methyl/N-ethyl adjacent to an activating group) is 1. The van der Waals surface area contributed by atoms with Crippen molar-refractivity contribution < 1.29 is 35.1 Å². The number of aliphatic carboxylic acids is 2. The maximum atomic E-state index is 11.6. The standard InChI is InChI=1S/C34H38N4O6.C4H11NO/c1-15-21(7-9-31(41)42)27-14-28-22(8-10-32(43)44)16(2)24(36-28)12-29-34(20(6)40)18(4)26(38-29)13-30-33(19(5)39)17(3)25(37-30)11-23(15)35-27;1-5(2)3-4-6/h11-14,19-20,35,38-40H,7-10H2,1-6H3,(H,41,42)(H,43,44);6H,3-4H2,1-2H3. The van der Waals surface area contributed by atoms with Crippen molar-refractivity contribution in [1.82, 2.24) is 24.8 Å². The lowest BCUT2D eigenvalue weighted by Crippen LogP contribution is -2.15. The van der Waals surface area contributed by atoms with Crippen LogP contribution in [0.2, 0.25) is 0 Å². The molecule has 7 N–H and O–H groups in total. The first kappa shape index (κ1) is 38.2. The average Bonchev–Trinajstić information content (AvgIpc) is 3.68. The molecule has 0 saturated heterocycles. The average molecular weight is 688 g/mol. The first-order valence-electron chi connectivity index (χ1n) is 16.7. The Bertz CT molecular complexity index is 2010. The third-order valence-corrected chi connectivity index (χ3v) is 9.20. The molecule has 2 aliphatic rings. The number of hydrogen-bond acceptors (Lipinski definition) is 8. The third kappa shape index (κ3) is 8.39. The van der Waals surface area contributed by atoms with Gasteiger partial charge in [-0.1, -0.05) is 0 Å². The molecule has 0 saturated carbocycles. The van der Waals surface area contributed by atoms with E-state index >= 15 is 0 Å². The van der Waals surface area contributed by atoms with Gasteiger partial charge in [-0.25, -0.2) is 9.97 Å². The minimum Gasteiger partial charge on any atom is -0.481 e. The fraction of sp³-hybridized carbons (Fsp3) is 0.421. The molecule has 50 heavy (non-hydrogen) atoms. The second-order valence-corrected chi connectivity index (χ2v) is 13.2. The predicted octanol–water partition coefficient (Wildman–Crippen LogP) is 5.65. The molecule has 0 spiro atoms. The lowest BCUT2D eigenvalue weighted by atomic mass is 9.99. The van der Waals surface area contributed by atoms with E-state index in [2.05, 4.69) is 9.97 Å². The van der Waals surface area contributed by atoms with Crippen LogP contribution in [0.4, 0.5) is 0 Å². The number of fused-ring (bicyclic) bond motifs is 8. The number of nitrogens with one attached hydrogen (secondary N) is 2. The number of aryl methyl sites for hydroxylation is 3. The third-order valence-electron chi connectivity index (χ3n) is 9.20. The molecule has 2 unspecified atom stereocenters. The van der Waals surface area contributed by atoms with Crippen LogP contribution in [0.25, 0.3) is 44.4 Å². The van der Waals surface area contributed by atoms with E-state index < -0.39 is 24.1 Å². The number of carbonyl (C=O) groups is 2. The van der Waals surface area contributed by atoms with Gasteiger partial charge in [-0.05, 0) is 126 Å². The molecule has 8 bridgehead atoms. The fourth-order valence-corrected chi connectivity index (χ4v) is 6.51. The summed E-state index contributed by atoms with van der Waals surface area (Å²) in [6.45, 7) is 12.1. The molecule has 2 aliphatic heterocycles. The Hall–Kier alpha value is -4.62. The van der Waals surface area contributed by atoms with Crippen LogP contribution < -0.4 is 0 Å². The highest BCUT2D eigenvalue weighted by Gasteiger charge is 2.23. The van der Waals surface area contributed by atoms with Crippen molar-refractivity contribution in [2.24, 2.45) is 0 Å². The molecule has 3 aromatic heterocycles. The van der Waals surface area contributed by atoms with E-state index in [1.807, 2.05) is 71.0 Å². The Morgan fingerprint density at radius 3 is 1.80 bits per heavy atom. The van der Waals surface area contributed by atoms with Crippen molar-refractivity contribution in [1.29, 1.82) is 0 Å². The summed E-state index contributed by atoms with van der Waals surface area (Å²) in [5.74, 6) is -1.83. The minimum atomic E-state index is -0.917. The fourth-order valence-electron chi connectivity index (χ4n) is 6.51. The van der Waals surface area contributed by atoms with Gasteiger partial charge < -0.3 is 40.4 Å². The molecule has 268 valence electrons. The van der Waals surface area contributed by atoms with Gasteiger partial charge in [0.15, 0.2) is 0 Å². The van der Waals surface area contributed by atoms with E-state index in [9.17, 15) is 30.0 Å². The zero-order valence-corrected chi connectivity index (χ0v) is 30.1. The van der Waals surface area contributed by atoms with Gasteiger partial charge >= 0.3 is 11.9 Å². The van der Waals surface area contributed by atoms with Crippen LogP contribution >= 0.6 is 0 Å². The number of allylic oxidation sites excluding steroid dienone is 3. The second-order valence-electron chi connectivity index (χ2n) is 13.2. The van der Waals surface area contributed by atoms with Crippen LogP contribution in [0.15, 0.2) is 24.3 Å². The predicted molar refractivity (Wildman–Crippen MR) is 196 cm³/mol. The maximum absolute atomic E-state index is 11.6. The van der Waals surface area contributed by atoms with Crippen molar-refractivity contribution in [3.63, 3.8) is 0 Å². The molecule has 3 aromatic rings. The largest absolute Gasteiger partial charge is 0.481 e. The molecule has 0 fully saturated rings. The molecule has 5 heterocycles. The van der Waals surface area contributed by atoms with Gasteiger partial charge in [0.05, 0.1) is 41.6 Å². The summed E-state index contributed by atoms with van der Waals surface area (Å²) in [5, 5.41) is 48.7. The SMILES string of the molecule is CC1=C(CCC(=O)O)c2cc3[nH]c(cc4nc(cc5[nH]c(cc1n2)c(C(C)O)c5C)C(C(C)O)=C4C)c(C)c3CCC(=O)O.CN(C)CCO. The molecule has 0 aliphatic carbocycles. The van der Waals surface area contributed by atoms with Crippen molar-refractivity contribution in [2.75, 3.05) is 27.2 Å². The summed E-state index contributed by atoms with van der Waals surface area (Å²) in [6, 6.07) is 7.51. The minimum absolute atomic E-state index is 0.0628. The van der Waals surface area contributed by atoms with Gasteiger partial charge in [0.2, 0.25) is 0 Å². The van der Waals surface area contributed by atoms with Gasteiger partial charge in [0.25, 0.3) is 0 Å². The highest BCUT2D eigenvalue weighted by molar-refractivity contribution is 5.96. The summed E-state index contributed by atoms with van der Waals surface area (Å²) in [4.78, 5) is 41.8. The molecule has 2 atom stereocenters. The summed E-state index contributed by atoms with van der Waals surface area (Å²) in [6.07, 6.45) is -1.16. The number of rotatable bonds is 10. The molecular formula is C38H49N5O7. The van der Waals surface area contributed by atoms with E-state index in [4.69, 9.17) is 15.1 Å². The first-order valence-corrected chi connectivity index (χ1v) is 16.7. The number of aliphatic hydroxyl groups excluding tert-OH is 3. The first-order chi connectivity index (χ1) is 23.5. The molecule has 12 nitrogen and oxygen atoms in total. The number of carboxylic acid groups (broad SMARTS) is 2. The Kier molecular flexibility index (Phi) is 12.2. The molecule has 0 radical (unpaired) electrons. The van der Waals surface area contributed by atoms with Gasteiger partial charge in [-0.3, -0.25) is 9.59 Å². The van der Waals surface area contributed by atoms with Crippen LogP contribution in [0.5, 0.6) is 0 Å².